The lowest BCUT2D eigenvalue weighted by Crippen LogP contribution is -2.21. The van der Waals surface area contributed by atoms with Gasteiger partial charge in [0.1, 0.15) is 11.9 Å². The monoisotopic (exact) mass is 308 g/mol. The molecule has 0 aliphatic carbocycles. The number of ether oxygens (including phenoxy) is 1. The number of nitrogens with one attached hydrogen (secondary N) is 1. The van der Waals surface area contributed by atoms with Crippen LogP contribution in [-0.4, -0.2) is 37.7 Å². The van der Waals surface area contributed by atoms with E-state index in [1.54, 1.807) is 7.11 Å². The molecule has 1 aromatic carbocycles. The standard InChI is InChI=1S/C17H26NO2P/c1-5-21(8-6-7-9-21)12-16(19)18-17-13(2)10-15(20-4)11-14(17)3/h10-11H,5-9,12H2,1-4H3/p+1. The molecule has 1 aliphatic heterocycles. The Bertz CT molecular complexity index is 499. The van der Waals surface area contributed by atoms with Crippen LogP contribution in [-0.2, 0) is 4.79 Å². The molecule has 0 radical (unpaired) electrons. The van der Waals surface area contributed by atoms with Crippen molar-refractivity contribution in [1.82, 2.24) is 0 Å². The molecule has 1 aromatic rings. The van der Waals surface area contributed by atoms with Gasteiger partial charge in [-0.05, 0) is 56.9 Å². The Morgan fingerprint density at radius 3 is 2.29 bits per heavy atom. The van der Waals surface area contributed by atoms with E-state index >= 15 is 0 Å². The second-order valence-electron chi connectivity index (χ2n) is 6.15. The van der Waals surface area contributed by atoms with E-state index in [2.05, 4.69) is 12.2 Å². The molecule has 0 unspecified atom stereocenters. The van der Waals surface area contributed by atoms with Gasteiger partial charge in [0.2, 0.25) is 0 Å². The fourth-order valence-corrected chi connectivity index (χ4v) is 7.19. The molecule has 0 atom stereocenters. The van der Waals surface area contributed by atoms with Gasteiger partial charge in [0.25, 0.3) is 5.91 Å². The van der Waals surface area contributed by atoms with Crippen molar-refractivity contribution in [2.45, 2.75) is 33.6 Å². The average molecular weight is 308 g/mol. The average Bonchev–Trinajstić information content (AvgIpc) is 2.91. The smallest absolute Gasteiger partial charge is 0.261 e. The Morgan fingerprint density at radius 1 is 1.24 bits per heavy atom. The van der Waals surface area contributed by atoms with Crippen molar-refractivity contribution in [2.24, 2.45) is 0 Å². The number of carbonyl (C=O) groups excluding carboxylic acids is 1. The van der Waals surface area contributed by atoms with Gasteiger partial charge >= 0.3 is 0 Å². The van der Waals surface area contributed by atoms with Crippen molar-refractivity contribution in [3.05, 3.63) is 23.3 Å². The summed E-state index contributed by atoms with van der Waals surface area (Å²) in [6, 6.07) is 3.95. The summed E-state index contributed by atoms with van der Waals surface area (Å²) in [6.07, 6.45) is 7.20. The van der Waals surface area contributed by atoms with Crippen molar-refractivity contribution in [1.29, 1.82) is 0 Å². The van der Waals surface area contributed by atoms with Gasteiger partial charge in [0, 0.05) is 12.9 Å². The zero-order valence-corrected chi connectivity index (χ0v) is 14.6. The van der Waals surface area contributed by atoms with Gasteiger partial charge in [0.05, 0.1) is 25.6 Å². The van der Waals surface area contributed by atoms with E-state index in [-0.39, 0.29) is 5.91 Å². The van der Waals surface area contributed by atoms with Crippen LogP contribution in [0.15, 0.2) is 12.1 Å². The zero-order valence-electron chi connectivity index (χ0n) is 13.7. The molecule has 0 spiro atoms. The topological polar surface area (TPSA) is 38.3 Å². The van der Waals surface area contributed by atoms with Gasteiger partial charge in [-0.2, -0.15) is 0 Å². The largest absolute Gasteiger partial charge is 0.497 e. The van der Waals surface area contributed by atoms with Crippen LogP contribution < -0.4 is 10.1 Å². The van der Waals surface area contributed by atoms with Gasteiger partial charge in [-0.1, -0.05) is 0 Å². The predicted octanol–water partition coefficient (Wildman–Crippen LogP) is 4.08. The maximum Gasteiger partial charge on any atom is 0.261 e. The first-order chi connectivity index (χ1) is 9.99. The maximum atomic E-state index is 12.5. The van der Waals surface area contributed by atoms with Gasteiger partial charge in [-0.15, -0.1) is 0 Å². The van der Waals surface area contributed by atoms with E-state index in [0.717, 1.165) is 28.7 Å². The second-order valence-corrected chi connectivity index (χ2v) is 10.7. The summed E-state index contributed by atoms with van der Waals surface area (Å²) < 4.78 is 5.27. The Morgan fingerprint density at radius 2 is 1.81 bits per heavy atom. The van der Waals surface area contributed by atoms with Crippen LogP contribution in [0.1, 0.15) is 30.9 Å². The highest BCUT2D eigenvalue weighted by atomic mass is 31.2. The summed E-state index contributed by atoms with van der Waals surface area (Å²) in [7, 11) is 0.666. The molecule has 4 heteroatoms. The van der Waals surface area contributed by atoms with E-state index in [1.807, 2.05) is 26.0 Å². The molecular weight excluding hydrogens is 281 g/mol. The highest BCUT2D eigenvalue weighted by Crippen LogP contribution is 2.63. The Labute approximate surface area is 128 Å². The number of amides is 1. The van der Waals surface area contributed by atoms with Crippen molar-refractivity contribution in [3.63, 3.8) is 0 Å². The lowest BCUT2D eigenvalue weighted by Gasteiger charge is -2.21. The Balaban J connectivity index is 2.09. The summed E-state index contributed by atoms with van der Waals surface area (Å²) in [5.74, 6) is 1.04. The van der Waals surface area contributed by atoms with Crippen LogP contribution in [0.4, 0.5) is 5.69 Å². The fraction of sp³-hybridized carbons (Fsp3) is 0.588. The third kappa shape index (κ3) is 3.77. The van der Waals surface area contributed by atoms with Crippen molar-refractivity contribution >= 4 is 18.9 Å². The number of benzene rings is 1. The minimum Gasteiger partial charge on any atom is -0.497 e. The van der Waals surface area contributed by atoms with E-state index in [4.69, 9.17) is 4.74 Å². The Hall–Kier alpha value is -1.08. The van der Waals surface area contributed by atoms with Crippen LogP contribution in [0.2, 0.25) is 0 Å². The number of carbonyl (C=O) groups is 1. The van der Waals surface area contributed by atoms with E-state index < -0.39 is 7.26 Å². The molecular formula is C17H27NO2P+. The van der Waals surface area contributed by atoms with Crippen LogP contribution in [0.5, 0.6) is 5.75 Å². The summed E-state index contributed by atoms with van der Waals surface area (Å²) in [4.78, 5) is 12.5. The van der Waals surface area contributed by atoms with E-state index in [0.29, 0.717) is 0 Å². The van der Waals surface area contributed by atoms with Crippen LogP contribution >= 0.6 is 7.26 Å². The fourth-order valence-electron chi connectivity index (χ4n) is 3.31. The summed E-state index contributed by atoms with van der Waals surface area (Å²) in [5, 5.41) is 3.15. The normalized spacial score (nSPS) is 16.8. The third-order valence-corrected chi connectivity index (χ3v) is 9.50. The minimum atomic E-state index is -1.00. The number of aryl methyl sites for hydroxylation is 2. The summed E-state index contributed by atoms with van der Waals surface area (Å²) in [6.45, 7) is 6.30. The molecule has 21 heavy (non-hydrogen) atoms. The van der Waals surface area contributed by atoms with Gasteiger partial charge < -0.3 is 10.1 Å². The molecule has 1 heterocycles. The summed E-state index contributed by atoms with van der Waals surface area (Å²) >= 11 is 0. The minimum absolute atomic E-state index is 0.198. The van der Waals surface area contributed by atoms with Crippen LogP contribution in [0, 0.1) is 13.8 Å². The van der Waals surface area contributed by atoms with Crippen LogP contribution in [0.3, 0.4) is 0 Å². The van der Waals surface area contributed by atoms with Gasteiger partial charge in [-0.3, -0.25) is 4.79 Å². The van der Waals surface area contributed by atoms with Crippen molar-refractivity contribution in [2.75, 3.05) is 37.1 Å². The molecule has 1 aliphatic rings. The lowest BCUT2D eigenvalue weighted by atomic mass is 10.1. The first-order valence-corrected chi connectivity index (χ1v) is 10.3. The molecule has 1 saturated heterocycles. The third-order valence-electron chi connectivity index (χ3n) is 4.67. The quantitative estimate of drug-likeness (QED) is 0.832. The first kappa shape index (κ1) is 16.3. The zero-order chi connectivity index (χ0) is 15.5. The highest BCUT2D eigenvalue weighted by molar-refractivity contribution is 7.76. The number of hydrogen-bond acceptors (Lipinski definition) is 2. The maximum absolute atomic E-state index is 12.5. The predicted molar refractivity (Wildman–Crippen MR) is 92.4 cm³/mol. The molecule has 0 saturated carbocycles. The molecule has 0 aromatic heterocycles. The summed E-state index contributed by atoms with van der Waals surface area (Å²) in [5.41, 5.74) is 3.08. The Kier molecular flexibility index (Phi) is 5.27. The lowest BCUT2D eigenvalue weighted by molar-refractivity contribution is -0.113. The molecule has 0 bridgehead atoms. The highest BCUT2D eigenvalue weighted by Gasteiger charge is 2.41. The SMILES string of the molecule is CC[P+]1(CC(=O)Nc2c(C)cc(OC)cc2C)CCCC1. The molecule has 1 N–H and O–H groups in total. The van der Waals surface area contributed by atoms with Crippen molar-refractivity contribution < 1.29 is 9.53 Å². The second kappa shape index (κ2) is 6.79. The number of anilines is 1. The number of rotatable bonds is 5. The molecule has 1 fully saturated rings. The number of methoxy groups -OCH3 is 1. The molecule has 3 nitrogen and oxygen atoms in total. The molecule has 1 amide bonds. The first-order valence-electron chi connectivity index (χ1n) is 7.80. The van der Waals surface area contributed by atoms with Gasteiger partial charge in [0.15, 0.2) is 0 Å². The molecule has 2 rings (SSSR count). The van der Waals surface area contributed by atoms with Crippen LogP contribution in [0.25, 0.3) is 0 Å². The van der Waals surface area contributed by atoms with Gasteiger partial charge in [-0.25, -0.2) is 0 Å². The van der Waals surface area contributed by atoms with E-state index in [9.17, 15) is 4.79 Å². The van der Waals surface area contributed by atoms with E-state index in [1.165, 1.54) is 31.3 Å². The van der Waals surface area contributed by atoms with Crippen molar-refractivity contribution in [3.8, 4) is 5.75 Å². The molecule has 116 valence electrons. The number of hydrogen-bond donors (Lipinski definition) is 1.